The van der Waals surface area contributed by atoms with E-state index in [1.54, 1.807) is 0 Å². The Morgan fingerprint density at radius 2 is 1.50 bits per heavy atom. The summed E-state index contributed by atoms with van der Waals surface area (Å²) >= 11 is 0. The second-order valence-electron chi connectivity index (χ2n) is 5.54. The topological polar surface area (TPSA) is 30.7 Å². The molecule has 2 aromatic heterocycles. The van der Waals surface area contributed by atoms with Gasteiger partial charge in [0.25, 0.3) is 0 Å². The van der Waals surface area contributed by atoms with Crippen LogP contribution in [0.3, 0.4) is 0 Å². The summed E-state index contributed by atoms with van der Waals surface area (Å²) in [5, 5.41) is 0.973. The number of nitrogens with zero attached hydrogens (tertiary/aromatic N) is 3. The van der Waals surface area contributed by atoms with Crippen molar-refractivity contribution in [2.24, 2.45) is 7.05 Å². The van der Waals surface area contributed by atoms with Crippen LogP contribution < -0.4 is 0 Å². The van der Waals surface area contributed by atoms with Crippen molar-refractivity contribution in [1.29, 1.82) is 0 Å². The molecule has 3 heteroatoms. The Balaban J connectivity index is 1.90. The van der Waals surface area contributed by atoms with E-state index in [1.165, 1.54) is 0 Å². The third-order valence-corrected chi connectivity index (χ3v) is 3.86. The zero-order valence-corrected chi connectivity index (χ0v) is 13.3. The first kappa shape index (κ1) is 14.2. The molecule has 0 aliphatic heterocycles. The van der Waals surface area contributed by atoms with Crippen molar-refractivity contribution in [2.75, 3.05) is 0 Å². The van der Waals surface area contributed by atoms with Crippen LogP contribution in [-0.4, -0.2) is 14.5 Å². The van der Waals surface area contributed by atoms with Crippen LogP contribution in [0.1, 0.15) is 11.3 Å². The minimum atomic E-state index is 0.697. The fourth-order valence-electron chi connectivity index (χ4n) is 2.60. The molecule has 114 valence electrons. The van der Waals surface area contributed by atoms with Gasteiger partial charge in [-0.2, -0.15) is 0 Å². The second kappa shape index (κ2) is 6.02. The maximum Gasteiger partial charge on any atom is 0.162 e. The third kappa shape index (κ3) is 2.66. The molecule has 0 bridgehead atoms. The normalized spacial score (nSPS) is 10.4. The van der Waals surface area contributed by atoms with Crippen molar-refractivity contribution in [3.63, 3.8) is 0 Å². The zero-order valence-electron chi connectivity index (χ0n) is 13.3. The number of hydrogen-bond acceptors (Lipinski definition) is 2. The second-order valence-corrected chi connectivity index (χ2v) is 5.54. The van der Waals surface area contributed by atoms with Crippen molar-refractivity contribution in [1.82, 2.24) is 14.5 Å². The lowest BCUT2D eigenvalue weighted by Gasteiger charge is -2.03. The predicted octanol–water partition coefficient (Wildman–Crippen LogP) is 4.04. The molecule has 2 heterocycles. The molecule has 0 amide bonds. The van der Waals surface area contributed by atoms with Gasteiger partial charge in [0.1, 0.15) is 11.3 Å². The van der Waals surface area contributed by atoms with Crippen LogP contribution in [0.4, 0.5) is 0 Å². The molecule has 0 aliphatic rings. The van der Waals surface area contributed by atoms with Gasteiger partial charge in [-0.25, -0.2) is 9.97 Å². The van der Waals surface area contributed by atoms with E-state index in [4.69, 9.17) is 9.97 Å². The molecule has 0 aliphatic carbocycles. The Kier molecular flexibility index (Phi) is 3.57. The first-order valence-electron chi connectivity index (χ1n) is 7.77. The fourth-order valence-corrected chi connectivity index (χ4v) is 2.60. The monoisotopic (exact) mass is 309 g/mol. The summed E-state index contributed by atoms with van der Waals surface area (Å²) in [7, 11) is 1.98. The lowest BCUT2D eigenvalue weighted by atomic mass is 10.2. The molecule has 0 spiro atoms. The zero-order chi connectivity index (χ0) is 16.4. The van der Waals surface area contributed by atoms with Crippen LogP contribution >= 0.6 is 0 Å². The van der Waals surface area contributed by atoms with Gasteiger partial charge in [0.2, 0.25) is 0 Å². The molecular weight excluding hydrogens is 294 g/mol. The summed E-state index contributed by atoms with van der Waals surface area (Å²) in [5.74, 6) is 7.10. The van der Waals surface area contributed by atoms with E-state index in [-0.39, 0.29) is 0 Å². The quantitative estimate of drug-likeness (QED) is 0.497. The molecule has 24 heavy (non-hydrogen) atoms. The Bertz CT molecular complexity index is 1050. The highest BCUT2D eigenvalue weighted by atomic mass is 15.0. The Labute approximate surface area is 140 Å². The van der Waals surface area contributed by atoms with Gasteiger partial charge >= 0.3 is 0 Å². The smallest absolute Gasteiger partial charge is 0.162 e. The van der Waals surface area contributed by atoms with Gasteiger partial charge in [-0.1, -0.05) is 54.5 Å². The third-order valence-electron chi connectivity index (χ3n) is 3.86. The van der Waals surface area contributed by atoms with E-state index in [0.29, 0.717) is 5.82 Å². The van der Waals surface area contributed by atoms with E-state index >= 15 is 0 Å². The minimum absolute atomic E-state index is 0.697. The molecule has 0 saturated heterocycles. The molecule has 0 saturated carbocycles. The van der Waals surface area contributed by atoms with Crippen LogP contribution in [0.15, 0.2) is 72.9 Å². The van der Waals surface area contributed by atoms with Crippen molar-refractivity contribution in [3.8, 4) is 23.2 Å². The molecule has 3 nitrogen and oxygen atoms in total. The van der Waals surface area contributed by atoms with Crippen LogP contribution in [0.2, 0.25) is 0 Å². The summed E-state index contributed by atoms with van der Waals surface area (Å²) in [6, 6.07) is 21.9. The average molecular weight is 309 g/mol. The van der Waals surface area contributed by atoms with E-state index in [1.807, 2.05) is 84.5 Å². The predicted molar refractivity (Wildman–Crippen MR) is 96.4 cm³/mol. The standard InChI is InChI=1S/C21H15N3/c1-24-15-14-18-19(13-12-16-8-4-2-5-9-16)22-20(23-21(18)24)17-10-6-3-7-11-17/h2-11,14-15H,1H3. The summed E-state index contributed by atoms with van der Waals surface area (Å²) < 4.78 is 2.00. The van der Waals surface area contributed by atoms with Gasteiger partial charge < -0.3 is 4.57 Å². The number of benzene rings is 2. The molecule has 0 fully saturated rings. The van der Waals surface area contributed by atoms with Gasteiger partial charge in [0, 0.05) is 24.4 Å². The maximum absolute atomic E-state index is 4.70. The van der Waals surface area contributed by atoms with E-state index in [2.05, 4.69) is 11.8 Å². The number of hydrogen-bond donors (Lipinski definition) is 0. The summed E-state index contributed by atoms with van der Waals surface area (Å²) in [6.45, 7) is 0. The van der Waals surface area contributed by atoms with Crippen molar-refractivity contribution in [3.05, 3.63) is 84.2 Å². The Morgan fingerprint density at radius 3 is 2.25 bits per heavy atom. The van der Waals surface area contributed by atoms with Crippen molar-refractivity contribution in [2.45, 2.75) is 0 Å². The van der Waals surface area contributed by atoms with Gasteiger partial charge in [0.15, 0.2) is 5.82 Å². The van der Waals surface area contributed by atoms with Crippen molar-refractivity contribution >= 4 is 11.0 Å². The van der Waals surface area contributed by atoms with Gasteiger partial charge in [-0.3, -0.25) is 0 Å². The van der Waals surface area contributed by atoms with Crippen LogP contribution in [0.5, 0.6) is 0 Å². The summed E-state index contributed by atoms with van der Waals surface area (Å²) in [5.41, 5.74) is 3.61. The lowest BCUT2D eigenvalue weighted by Crippen LogP contribution is -1.97. The molecule has 0 N–H and O–H groups in total. The molecule has 4 aromatic rings. The van der Waals surface area contributed by atoms with Crippen LogP contribution in [-0.2, 0) is 7.05 Å². The Morgan fingerprint density at radius 1 is 0.792 bits per heavy atom. The summed E-state index contributed by atoms with van der Waals surface area (Å²) in [6.07, 6.45) is 1.99. The van der Waals surface area contributed by atoms with E-state index in [0.717, 1.165) is 27.9 Å². The SMILES string of the molecule is Cn1ccc2c(C#Cc3ccccc3)nc(-c3ccccc3)nc21. The first-order chi connectivity index (χ1) is 11.8. The van der Waals surface area contributed by atoms with Crippen LogP contribution in [0, 0.1) is 11.8 Å². The molecule has 0 atom stereocenters. The molecular formula is C21H15N3. The number of aryl methyl sites for hydroxylation is 1. The molecule has 0 radical (unpaired) electrons. The van der Waals surface area contributed by atoms with Gasteiger partial charge in [-0.05, 0) is 24.1 Å². The van der Waals surface area contributed by atoms with Crippen LogP contribution in [0.25, 0.3) is 22.4 Å². The first-order valence-corrected chi connectivity index (χ1v) is 7.77. The van der Waals surface area contributed by atoms with Gasteiger partial charge in [-0.15, -0.1) is 0 Å². The summed E-state index contributed by atoms with van der Waals surface area (Å²) in [4.78, 5) is 9.41. The van der Waals surface area contributed by atoms with E-state index < -0.39 is 0 Å². The maximum atomic E-state index is 4.70. The molecule has 4 rings (SSSR count). The minimum Gasteiger partial charge on any atom is -0.335 e. The lowest BCUT2D eigenvalue weighted by molar-refractivity contribution is 0.944. The number of fused-ring (bicyclic) bond motifs is 1. The van der Waals surface area contributed by atoms with E-state index in [9.17, 15) is 0 Å². The molecule has 2 aromatic carbocycles. The fraction of sp³-hybridized carbons (Fsp3) is 0.0476. The molecule has 0 unspecified atom stereocenters. The highest BCUT2D eigenvalue weighted by Crippen LogP contribution is 2.21. The number of rotatable bonds is 1. The highest BCUT2D eigenvalue weighted by Gasteiger charge is 2.10. The average Bonchev–Trinajstić information content (AvgIpc) is 3.02. The number of aromatic nitrogens is 3. The Hall–Kier alpha value is -3.38. The van der Waals surface area contributed by atoms with Crippen molar-refractivity contribution < 1.29 is 0 Å². The highest BCUT2D eigenvalue weighted by molar-refractivity contribution is 5.83. The van der Waals surface area contributed by atoms with Gasteiger partial charge in [0.05, 0.1) is 5.39 Å². The largest absolute Gasteiger partial charge is 0.335 e.